The minimum atomic E-state index is -0.288. The Morgan fingerprint density at radius 1 is 1.15 bits per heavy atom. The van der Waals surface area contributed by atoms with Crippen LogP contribution < -0.4 is 20.1 Å². The fourth-order valence-corrected chi connectivity index (χ4v) is 2.83. The SMILES string of the molecule is CCOC(=O)N1CCC(NC(=O)NCc2ccc(OC)c(OC)c2)CC1. The van der Waals surface area contributed by atoms with E-state index in [9.17, 15) is 9.59 Å². The van der Waals surface area contributed by atoms with E-state index in [4.69, 9.17) is 14.2 Å². The van der Waals surface area contributed by atoms with E-state index in [1.54, 1.807) is 32.1 Å². The van der Waals surface area contributed by atoms with Crippen LogP contribution in [-0.4, -0.2) is 57.0 Å². The van der Waals surface area contributed by atoms with Gasteiger partial charge in [-0.1, -0.05) is 6.07 Å². The van der Waals surface area contributed by atoms with Gasteiger partial charge in [-0.05, 0) is 37.5 Å². The molecular formula is C18H27N3O5. The monoisotopic (exact) mass is 365 g/mol. The number of nitrogens with one attached hydrogen (secondary N) is 2. The number of urea groups is 1. The molecule has 0 saturated carbocycles. The predicted molar refractivity (Wildman–Crippen MR) is 96.5 cm³/mol. The zero-order valence-corrected chi connectivity index (χ0v) is 15.5. The van der Waals surface area contributed by atoms with Crippen molar-refractivity contribution in [3.8, 4) is 11.5 Å². The molecule has 1 saturated heterocycles. The number of benzene rings is 1. The van der Waals surface area contributed by atoms with Gasteiger partial charge in [0.2, 0.25) is 0 Å². The Bertz CT molecular complexity index is 615. The number of hydrogen-bond acceptors (Lipinski definition) is 5. The van der Waals surface area contributed by atoms with Crippen molar-refractivity contribution in [2.75, 3.05) is 33.9 Å². The summed E-state index contributed by atoms with van der Waals surface area (Å²) < 4.78 is 15.4. The van der Waals surface area contributed by atoms with E-state index in [-0.39, 0.29) is 18.2 Å². The molecule has 0 aliphatic carbocycles. The summed E-state index contributed by atoms with van der Waals surface area (Å²) in [4.78, 5) is 25.4. The minimum Gasteiger partial charge on any atom is -0.493 e. The molecule has 0 unspecified atom stereocenters. The lowest BCUT2D eigenvalue weighted by Gasteiger charge is -2.31. The van der Waals surface area contributed by atoms with Crippen molar-refractivity contribution in [3.63, 3.8) is 0 Å². The van der Waals surface area contributed by atoms with Gasteiger partial charge in [-0.3, -0.25) is 0 Å². The Hall–Kier alpha value is -2.64. The van der Waals surface area contributed by atoms with Crippen LogP contribution in [0, 0.1) is 0 Å². The number of rotatable bonds is 6. The largest absolute Gasteiger partial charge is 0.493 e. The topological polar surface area (TPSA) is 89.1 Å². The summed E-state index contributed by atoms with van der Waals surface area (Å²) in [7, 11) is 3.15. The number of likely N-dealkylation sites (tertiary alicyclic amines) is 1. The maximum absolute atomic E-state index is 12.1. The molecule has 144 valence electrons. The lowest BCUT2D eigenvalue weighted by atomic mass is 10.1. The van der Waals surface area contributed by atoms with Crippen molar-refractivity contribution < 1.29 is 23.8 Å². The van der Waals surface area contributed by atoms with Gasteiger partial charge in [-0.25, -0.2) is 9.59 Å². The second-order valence-corrected chi connectivity index (χ2v) is 5.98. The highest BCUT2D eigenvalue weighted by Crippen LogP contribution is 2.27. The van der Waals surface area contributed by atoms with Crippen molar-refractivity contribution >= 4 is 12.1 Å². The van der Waals surface area contributed by atoms with E-state index < -0.39 is 0 Å². The van der Waals surface area contributed by atoms with Crippen molar-refractivity contribution in [1.82, 2.24) is 15.5 Å². The number of carbonyl (C=O) groups excluding carboxylic acids is 2. The number of ether oxygens (including phenoxy) is 3. The summed E-state index contributed by atoms with van der Waals surface area (Å²) >= 11 is 0. The van der Waals surface area contributed by atoms with Crippen LogP contribution in [0.1, 0.15) is 25.3 Å². The highest BCUT2D eigenvalue weighted by Gasteiger charge is 2.24. The van der Waals surface area contributed by atoms with E-state index in [1.165, 1.54) is 0 Å². The van der Waals surface area contributed by atoms with Crippen molar-refractivity contribution in [1.29, 1.82) is 0 Å². The Kier molecular flexibility index (Phi) is 7.37. The van der Waals surface area contributed by atoms with Gasteiger partial charge in [0.25, 0.3) is 0 Å². The minimum absolute atomic E-state index is 0.0473. The lowest BCUT2D eigenvalue weighted by molar-refractivity contribution is 0.0957. The third kappa shape index (κ3) is 5.44. The molecule has 2 rings (SSSR count). The van der Waals surface area contributed by atoms with Gasteiger partial charge in [-0.2, -0.15) is 0 Å². The molecule has 0 atom stereocenters. The predicted octanol–water partition coefficient (Wildman–Crippen LogP) is 2.12. The summed E-state index contributed by atoms with van der Waals surface area (Å²) in [6.07, 6.45) is 1.13. The van der Waals surface area contributed by atoms with E-state index >= 15 is 0 Å². The zero-order chi connectivity index (χ0) is 18.9. The average molecular weight is 365 g/mol. The molecule has 0 aromatic heterocycles. The molecule has 8 nitrogen and oxygen atoms in total. The number of piperidine rings is 1. The third-order valence-electron chi connectivity index (χ3n) is 4.26. The molecule has 8 heteroatoms. The standard InChI is InChI=1S/C18H27N3O5/c1-4-26-18(23)21-9-7-14(8-10-21)20-17(22)19-12-13-5-6-15(24-2)16(11-13)25-3/h5-6,11,14H,4,7-10,12H2,1-3H3,(H2,19,20,22). The Morgan fingerprint density at radius 3 is 2.46 bits per heavy atom. The Balaban J connectivity index is 1.75. The van der Waals surface area contributed by atoms with Crippen molar-refractivity contribution in [3.05, 3.63) is 23.8 Å². The quantitative estimate of drug-likeness (QED) is 0.806. The molecular weight excluding hydrogens is 338 g/mol. The van der Waals surface area contributed by atoms with Crippen molar-refractivity contribution in [2.45, 2.75) is 32.4 Å². The highest BCUT2D eigenvalue weighted by molar-refractivity contribution is 5.74. The number of methoxy groups -OCH3 is 2. The van der Waals surface area contributed by atoms with Crippen LogP contribution in [0.2, 0.25) is 0 Å². The summed E-state index contributed by atoms with van der Waals surface area (Å²) in [6.45, 7) is 3.71. The van der Waals surface area contributed by atoms with E-state index in [0.29, 0.717) is 50.6 Å². The molecule has 2 N–H and O–H groups in total. The van der Waals surface area contributed by atoms with Gasteiger partial charge < -0.3 is 29.7 Å². The smallest absolute Gasteiger partial charge is 0.409 e. The molecule has 0 radical (unpaired) electrons. The van der Waals surface area contributed by atoms with Gasteiger partial charge in [0, 0.05) is 25.7 Å². The van der Waals surface area contributed by atoms with Crippen LogP contribution >= 0.6 is 0 Å². The average Bonchev–Trinajstić information content (AvgIpc) is 2.66. The number of nitrogens with zero attached hydrogens (tertiary/aromatic N) is 1. The first-order valence-corrected chi connectivity index (χ1v) is 8.74. The maximum atomic E-state index is 12.1. The van der Waals surface area contributed by atoms with Crippen LogP contribution in [-0.2, 0) is 11.3 Å². The van der Waals surface area contributed by atoms with E-state index in [0.717, 1.165) is 5.56 Å². The molecule has 0 bridgehead atoms. The summed E-state index contributed by atoms with van der Waals surface area (Å²) in [5, 5.41) is 5.78. The zero-order valence-electron chi connectivity index (χ0n) is 15.5. The van der Waals surface area contributed by atoms with Crippen LogP contribution in [0.25, 0.3) is 0 Å². The Morgan fingerprint density at radius 2 is 1.85 bits per heavy atom. The lowest BCUT2D eigenvalue weighted by Crippen LogP contribution is -2.49. The summed E-state index contributed by atoms with van der Waals surface area (Å²) in [5.41, 5.74) is 0.912. The normalized spacial score (nSPS) is 14.5. The first-order chi connectivity index (χ1) is 12.6. The maximum Gasteiger partial charge on any atom is 0.409 e. The number of hydrogen-bond donors (Lipinski definition) is 2. The molecule has 1 aromatic carbocycles. The van der Waals surface area contributed by atoms with Gasteiger partial charge in [0.1, 0.15) is 0 Å². The van der Waals surface area contributed by atoms with Crippen LogP contribution in [0.5, 0.6) is 11.5 Å². The molecule has 1 aliphatic heterocycles. The van der Waals surface area contributed by atoms with E-state index in [2.05, 4.69) is 10.6 Å². The molecule has 1 aliphatic rings. The first-order valence-electron chi connectivity index (χ1n) is 8.74. The first kappa shape index (κ1) is 19.7. The number of amides is 3. The highest BCUT2D eigenvalue weighted by atomic mass is 16.6. The molecule has 1 heterocycles. The summed E-state index contributed by atoms with van der Waals surface area (Å²) in [5.74, 6) is 1.27. The molecule has 1 aromatic rings. The third-order valence-corrected chi connectivity index (χ3v) is 4.26. The molecule has 26 heavy (non-hydrogen) atoms. The van der Waals surface area contributed by atoms with Crippen LogP contribution in [0.15, 0.2) is 18.2 Å². The molecule has 0 spiro atoms. The second kappa shape index (κ2) is 9.74. The van der Waals surface area contributed by atoms with Crippen LogP contribution in [0.4, 0.5) is 9.59 Å². The van der Waals surface area contributed by atoms with Gasteiger partial charge in [0.15, 0.2) is 11.5 Å². The second-order valence-electron chi connectivity index (χ2n) is 5.98. The van der Waals surface area contributed by atoms with Gasteiger partial charge in [0.05, 0.1) is 20.8 Å². The molecule has 3 amide bonds. The molecule has 1 fully saturated rings. The van der Waals surface area contributed by atoms with Crippen molar-refractivity contribution in [2.24, 2.45) is 0 Å². The van der Waals surface area contributed by atoms with E-state index in [1.807, 2.05) is 12.1 Å². The Labute approximate surface area is 153 Å². The fourth-order valence-electron chi connectivity index (χ4n) is 2.83. The fraction of sp³-hybridized carbons (Fsp3) is 0.556. The van der Waals surface area contributed by atoms with Crippen LogP contribution in [0.3, 0.4) is 0 Å². The van der Waals surface area contributed by atoms with Gasteiger partial charge >= 0.3 is 12.1 Å². The summed E-state index contributed by atoms with van der Waals surface area (Å²) in [6, 6.07) is 5.33. The number of carbonyl (C=O) groups is 2. The van der Waals surface area contributed by atoms with Gasteiger partial charge in [-0.15, -0.1) is 0 Å².